The minimum atomic E-state index is -3.96. The van der Waals surface area contributed by atoms with Crippen LogP contribution in [0.5, 0.6) is 5.75 Å². The van der Waals surface area contributed by atoms with Gasteiger partial charge in [-0.3, -0.25) is 9.59 Å². The fraction of sp³-hybridized carbons (Fsp3) is 0.273. The van der Waals surface area contributed by atoms with Crippen LogP contribution in [-0.4, -0.2) is 57.4 Å². The molecule has 0 aliphatic carbocycles. The number of fused-ring (bicyclic) bond motifs is 1. The van der Waals surface area contributed by atoms with Crippen molar-refractivity contribution in [2.45, 2.75) is 18.4 Å². The molecule has 34 heavy (non-hydrogen) atoms. The maximum Gasteiger partial charge on any atom is 0.338 e. The van der Waals surface area contributed by atoms with Crippen LogP contribution in [0.1, 0.15) is 17.3 Å². The summed E-state index contributed by atoms with van der Waals surface area (Å²) >= 11 is 1.03. The van der Waals surface area contributed by atoms with Crippen LogP contribution < -0.4 is 9.54 Å². The number of carbonyl (C=O) groups excluding carboxylic acids is 3. The van der Waals surface area contributed by atoms with Gasteiger partial charge in [0.2, 0.25) is 0 Å². The minimum absolute atomic E-state index is 0.0466. The minimum Gasteiger partial charge on any atom is -0.497 e. The van der Waals surface area contributed by atoms with Crippen molar-refractivity contribution in [1.82, 2.24) is 4.57 Å². The maximum atomic E-state index is 12.6. The zero-order chi connectivity index (χ0) is 24.9. The Kier molecular flexibility index (Phi) is 7.84. The molecular formula is C22H22N2O8S2. The van der Waals surface area contributed by atoms with Crippen molar-refractivity contribution < 1.29 is 37.0 Å². The molecule has 0 bridgehead atoms. The monoisotopic (exact) mass is 506 g/mol. The SMILES string of the molecule is CCOC(=O)c1ccc2c(c1)sc(=NC(=O)CS(=O)(=O)c1ccc(OC)cc1)n2CC(=O)OC. The van der Waals surface area contributed by atoms with Gasteiger partial charge in [0.25, 0.3) is 5.91 Å². The summed E-state index contributed by atoms with van der Waals surface area (Å²) in [6, 6.07) is 10.3. The lowest BCUT2D eigenvalue weighted by Crippen LogP contribution is -2.24. The van der Waals surface area contributed by atoms with Gasteiger partial charge in [0.15, 0.2) is 14.6 Å². The van der Waals surface area contributed by atoms with Crippen LogP contribution in [0.4, 0.5) is 0 Å². The van der Waals surface area contributed by atoms with E-state index in [1.807, 2.05) is 0 Å². The van der Waals surface area contributed by atoms with Crippen molar-refractivity contribution in [2.24, 2.45) is 4.99 Å². The summed E-state index contributed by atoms with van der Waals surface area (Å²) in [6.07, 6.45) is 0. The third-order valence-electron chi connectivity index (χ3n) is 4.66. The summed E-state index contributed by atoms with van der Waals surface area (Å²) in [5.74, 6) is -2.40. The van der Waals surface area contributed by atoms with E-state index in [-0.39, 0.29) is 22.8 Å². The van der Waals surface area contributed by atoms with E-state index in [0.717, 1.165) is 11.3 Å². The van der Waals surface area contributed by atoms with E-state index in [2.05, 4.69) is 4.99 Å². The van der Waals surface area contributed by atoms with Crippen molar-refractivity contribution in [3.8, 4) is 5.75 Å². The molecule has 0 spiro atoms. The Labute approximate surface area is 199 Å². The zero-order valence-corrected chi connectivity index (χ0v) is 20.3. The van der Waals surface area contributed by atoms with Gasteiger partial charge in [0.1, 0.15) is 18.0 Å². The number of carbonyl (C=O) groups is 3. The van der Waals surface area contributed by atoms with Gasteiger partial charge in [0, 0.05) is 0 Å². The van der Waals surface area contributed by atoms with E-state index in [4.69, 9.17) is 14.2 Å². The van der Waals surface area contributed by atoms with Gasteiger partial charge in [-0.25, -0.2) is 13.2 Å². The molecule has 0 saturated carbocycles. The van der Waals surface area contributed by atoms with E-state index in [1.165, 1.54) is 49.1 Å². The molecule has 1 aromatic heterocycles. The first kappa shape index (κ1) is 25.1. The van der Waals surface area contributed by atoms with E-state index >= 15 is 0 Å². The largest absolute Gasteiger partial charge is 0.497 e. The Morgan fingerprint density at radius 1 is 1.06 bits per heavy atom. The molecule has 1 heterocycles. The Bertz CT molecular complexity index is 1400. The van der Waals surface area contributed by atoms with Crippen molar-refractivity contribution in [1.29, 1.82) is 0 Å². The van der Waals surface area contributed by atoms with Gasteiger partial charge >= 0.3 is 11.9 Å². The van der Waals surface area contributed by atoms with Gasteiger partial charge in [-0.2, -0.15) is 4.99 Å². The Morgan fingerprint density at radius 3 is 2.38 bits per heavy atom. The smallest absolute Gasteiger partial charge is 0.338 e. The van der Waals surface area contributed by atoms with Gasteiger partial charge in [-0.05, 0) is 49.4 Å². The molecule has 0 radical (unpaired) electrons. The molecule has 180 valence electrons. The van der Waals surface area contributed by atoms with Crippen molar-refractivity contribution in [3.63, 3.8) is 0 Å². The third-order valence-corrected chi connectivity index (χ3v) is 7.32. The first-order chi connectivity index (χ1) is 16.2. The predicted octanol–water partition coefficient (Wildman–Crippen LogP) is 1.96. The number of aromatic nitrogens is 1. The Hall–Kier alpha value is -3.51. The molecule has 0 unspecified atom stereocenters. The molecule has 0 fully saturated rings. The quantitative estimate of drug-likeness (QED) is 0.424. The fourth-order valence-corrected chi connectivity index (χ4v) is 5.21. The number of benzene rings is 2. The van der Waals surface area contributed by atoms with Crippen LogP contribution in [0.25, 0.3) is 10.2 Å². The summed E-state index contributed by atoms with van der Waals surface area (Å²) < 4.78 is 42.0. The summed E-state index contributed by atoms with van der Waals surface area (Å²) in [4.78, 5) is 40.6. The van der Waals surface area contributed by atoms with Crippen molar-refractivity contribution in [2.75, 3.05) is 26.6 Å². The highest BCUT2D eigenvalue weighted by Crippen LogP contribution is 2.21. The number of rotatable bonds is 8. The van der Waals surface area contributed by atoms with Crippen LogP contribution in [0.15, 0.2) is 52.4 Å². The first-order valence-corrected chi connectivity index (χ1v) is 12.5. The average molecular weight is 507 g/mol. The number of ether oxygens (including phenoxy) is 3. The number of esters is 2. The number of hydrogen-bond acceptors (Lipinski definition) is 9. The highest BCUT2D eigenvalue weighted by molar-refractivity contribution is 7.92. The van der Waals surface area contributed by atoms with Gasteiger partial charge < -0.3 is 18.8 Å². The predicted molar refractivity (Wildman–Crippen MR) is 123 cm³/mol. The lowest BCUT2D eigenvalue weighted by Gasteiger charge is -2.05. The first-order valence-electron chi connectivity index (χ1n) is 10.00. The summed E-state index contributed by atoms with van der Waals surface area (Å²) in [5.41, 5.74) is 0.814. The molecule has 2 aromatic carbocycles. The number of amides is 1. The second-order valence-corrected chi connectivity index (χ2v) is 9.89. The Morgan fingerprint density at radius 2 is 1.76 bits per heavy atom. The topological polar surface area (TPSA) is 130 Å². The average Bonchev–Trinajstić information content (AvgIpc) is 3.14. The van der Waals surface area contributed by atoms with E-state index < -0.39 is 33.4 Å². The summed E-state index contributed by atoms with van der Waals surface area (Å²) in [7, 11) is -1.28. The van der Waals surface area contributed by atoms with Gasteiger partial charge in [-0.1, -0.05) is 11.3 Å². The number of sulfone groups is 1. The molecule has 3 aromatic rings. The normalized spacial score (nSPS) is 11.9. The molecule has 12 heteroatoms. The number of hydrogen-bond donors (Lipinski definition) is 0. The highest BCUT2D eigenvalue weighted by Gasteiger charge is 2.20. The van der Waals surface area contributed by atoms with Gasteiger partial charge in [-0.15, -0.1) is 0 Å². The van der Waals surface area contributed by atoms with Crippen molar-refractivity contribution >= 4 is 49.2 Å². The summed E-state index contributed by atoms with van der Waals surface area (Å²) in [5, 5.41) is 0. The van der Waals surface area contributed by atoms with E-state index in [1.54, 1.807) is 19.1 Å². The molecule has 10 nitrogen and oxygen atoms in total. The van der Waals surface area contributed by atoms with Crippen LogP contribution >= 0.6 is 11.3 Å². The van der Waals surface area contributed by atoms with Crippen LogP contribution in [0.3, 0.4) is 0 Å². The lowest BCUT2D eigenvalue weighted by molar-refractivity contribution is -0.141. The molecular weight excluding hydrogens is 484 g/mol. The maximum absolute atomic E-state index is 12.6. The zero-order valence-electron chi connectivity index (χ0n) is 18.6. The molecule has 0 N–H and O–H groups in total. The van der Waals surface area contributed by atoms with Gasteiger partial charge in [0.05, 0.1) is 41.5 Å². The Balaban J connectivity index is 2.00. The van der Waals surface area contributed by atoms with Crippen molar-refractivity contribution in [3.05, 3.63) is 52.8 Å². The second-order valence-electron chi connectivity index (χ2n) is 6.89. The van der Waals surface area contributed by atoms with E-state index in [9.17, 15) is 22.8 Å². The van der Waals surface area contributed by atoms with Crippen LogP contribution in [0.2, 0.25) is 0 Å². The second kappa shape index (κ2) is 10.6. The standard InChI is InChI=1S/C22H22N2O8S2/c1-4-32-21(27)14-5-10-17-18(11-14)33-22(24(17)12-20(26)31-3)23-19(25)13-34(28,29)16-8-6-15(30-2)7-9-16/h5-11H,4,12-13H2,1-3H3. The van der Waals surface area contributed by atoms with Crippen LogP contribution in [-0.2, 0) is 35.4 Å². The molecule has 0 aliphatic rings. The number of thiazole rings is 1. The fourth-order valence-electron chi connectivity index (χ4n) is 3.01. The number of methoxy groups -OCH3 is 2. The molecule has 0 saturated heterocycles. The third kappa shape index (κ3) is 5.69. The molecule has 3 rings (SSSR count). The lowest BCUT2D eigenvalue weighted by atomic mass is 10.2. The molecule has 0 aliphatic heterocycles. The van der Waals surface area contributed by atoms with E-state index in [0.29, 0.717) is 21.5 Å². The molecule has 1 amide bonds. The molecule has 0 atom stereocenters. The highest BCUT2D eigenvalue weighted by atomic mass is 32.2. The number of nitrogens with zero attached hydrogens (tertiary/aromatic N) is 2. The summed E-state index contributed by atoms with van der Waals surface area (Å²) in [6.45, 7) is 1.64. The van der Waals surface area contributed by atoms with Crippen LogP contribution in [0, 0.1) is 0 Å².